The van der Waals surface area contributed by atoms with Gasteiger partial charge in [-0.15, -0.1) is 5.10 Å². The first-order valence-electron chi connectivity index (χ1n) is 6.52. The van der Waals surface area contributed by atoms with Crippen LogP contribution in [0.25, 0.3) is 0 Å². The van der Waals surface area contributed by atoms with Gasteiger partial charge in [0.2, 0.25) is 5.16 Å². The number of thioether (sulfide) groups is 1. The van der Waals surface area contributed by atoms with Crippen molar-refractivity contribution in [3.05, 3.63) is 34.3 Å². The van der Waals surface area contributed by atoms with Gasteiger partial charge >= 0.3 is 0 Å². The number of benzene rings is 1. The molecule has 2 aromatic rings. The molecule has 0 aliphatic heterocycles. The number of tetrazole rings is 1. The van der Waals surface area contributed by atoms with Crippen molar-refractivity contribution in [3.8, 4) is 6.07 Å². The highest BCUT2D eigenvalue weighted by molar-refractivity contribution is 7.98. The second kappa shape index (κ2) is 7.98. The van der Waals surface area contributed by atoms with Gasteiger partial charge in [-0.25, -0.2) is 4.68 Å². The third kappa shape index (κ3) is 4.43. The van der Waals surface area contributed by atoms with E-state index in [2.05, 4.69) is 33.8 Å². The van der Waals surface area contributed by atoms with Gasteiger partial charge in [-0.05, 0) is 34.7 Å². The number of nitrogens with zero attached hydrogens (tertiary/aromatic N) is 5. The van der Waals surface area contributed by atoms with E-state index in [0.717, 1.165) is 30.4 Å². The summed E-state index contributed by atoms with van der Waals surface area (Å²) in [5, 5.41) is 25.1. The minimum absolute atomic E-state index is 0.559. The average Bonchev–Trinajstić information content (AvgIpc) is 2.93. The number of aromatic nitrogens is 4. The first-order chi connectivity index (χ1) is 10.2. The van der Waals surface area contributed by atoms with E-state index < -0.39 is 0 Å². The molecule has 1 heterocycles. The molecule has 0 bridgehead atoms. The predicted octanol–water partition coefficient (Wildman–Crippen LogP) is 2.10. The van der Waals surface area contributed by atoms with Gasteiger partial charge in [0.15, 0.2) is 0 Å². The van der Waals surface area contributed by atoms with E-state index in [1.165, 1.54) is 11.8 Å². The van der Waals surface area contributed by atoms with Gasteiger partial charge in [0.05, 0.1) is 18.2 Å². The van der Waals surface area contributed by atoms with E-state index in [-0.39, 0.29) is 0 Å². The van der Waals surface area contributed by atoms with Crippen LogP contribution >= 0.6 is 23.4 Å². The minimum atomic E-state index is 0.559. The lowest BCUT2D eigenvalue weighted by Crippen LogP contribution is -2.20. The van der Waals surface area contributed by atoms with Crippen LogP contribution in [0, 0.1) is 11.3 Å². The zero-order chi connectivity index (χ0) is 15.1. The summed E-state index contributed by atoms with van der Waals surface area (Å²) in [7, 11) is 0. The molecular formula is C13H15ClN6S. The van der Waals surface area contributed by atoms with Crippen LogP contribution in [0.5, 0.6) is 0 Å². The highest BCUT2D eigenvalue weighted by atomic mass is 35.5. The van der Waals surface area contributed by atoms with Crippen molar-refractivity contribution in [1.29, 1.82) is 5.26 Å². The molecule has 8 heteroatoms. The van der Waals surface area contributed by atoms with Gasteiger partial charge in [0, 0.05) is 17.3 Å². The summed E-state index contributed by atoms with van der Waals surface area (Å²) >= 11 is 7.68. The molecule has 6 nitrogen and oxygen atoms in total. The average molecular weight is 323 g/mol. The van der Waals surface area contributed by atoms with E-state index in [0.29, 0.717) is 16.3 Å². The summed E-state index contributed by atoms with van der Waals surface area (Å²) in [6.45, 7) is 4.53. The summed E-state index contributed by atoms with van der Waals surface area (Å²) in [5.74, 6) is 0.659. The Hall–Kier alpha value is -1.62. The fraction of sp³-hybridized carbons (Fsp3) is 0.385. The predicted molar refractivity (Wildman–Crippen MR) is 82.1 cm³/mol. The van der Waals surface area contributed by atoms with Gasteiger partial charge in [-0.2, -0.15) is 5.26 Å². The molecule has 0 saturated heterocycles. The molecule has 1 aromatic carbocycles. The normalized spacial score (nSPS) is 10.5. The topological polar surface area (TPSA) is 79.4 Å². The van der Waals surface area contributed by atoms with E-state index in [1.807, 2.05) is 6.07 Å². The summed E-state index contributed by atoms with van der Waals surface area (Å²) in [6.07, 6.45) is 0. The lowest BCUT2D eigenvalue weighted by molar-refractivity contribution is 0.517. The van der Waals surface area contributed by atoms with Crippen molar-refractivity contribution in [2.75, 3.05) is 13.1 Å². The van der Waals surface area contributed by atoms with Gasteiger partial charge in [-0.1, -0.05) is 36.4 Å². The number of nitrogens with one attached hydrogen (secondary N) is 1. The fourth-order valence-electron chi connectivity index (χ4n) is 1.68. The maximum absolute atomic E-state index is 8.82. The Morgan fingerprint density at radius 1 is 1.48 bits per heavy atom. The second-order valence-corrected chi connectivity index (χ2v) is 5.59. The van der Waals surface area contributed by atoms with Crippen molar-refractivity contribution in [2.24, 2.45) is 0 Å². The smallest absolute Gasteiger partial charge is 0.209 e. The molecule has 0 radical (unpaired) electrons. The first-order valence-corrected chi connectivity index (χ1v) is 7.89. The number of hydrogen-bond donors (Lipinski definition) is 1. The summed E-state index contributed by atoms with van der Waals surface area (Å²) in [4.78, 5) is 0. The molecule has 0 saturated carbocycles. The molecule has 0 unspecified atom stereocenters. The van der Waals surface area contributed by atoms with Crippen LogP contribution in [0.4, 0.5) is 0 Å². The molecule has 2 rings (SSSR count). The van der Waals surface area contributed by atoms with Gasteiger partial charge in [-0.3, -0.25) is 0 Å². The molecule has 0 fully saturated rings. The van der Waals surface area contributed by atoms with Crippen LogP contribution in [0.3, 0.4) is 0 Å². The van der Waals surface area contributed by atoms with Crippen molar-refractivity contribution < 1.29 is 0 Å². The highest BCUT2D eigenvalue weighted by Gasteiger charge is 2.09. The zero-order valence-corrected chi connectivity index (χ0v) is 13.2. The molecule has 0 amide bonds. The fourth-order valence-corrected chi connectivity index (χ4v) is 2.91. The molecule has 1 N–H and O–H groups in total. The standard InChI is InChI=1S/C13H15ClN6S/c1-2-16-5-6-20-13(17-18-19-20)21-9-11-4-3-10(8-15)7-12(11)14/h3-4,7,16H,2,5-6,9H2,1H3. The Kier molecular flexibility index (Phi) is 5.99. The van der Waals surface area contributed by atoms with Crippen LogP contribution in [-0.4, -0.2) is 33.3 Å². The number of likely N-dealkylation sites (N-methyl/N-ethyl adjacent to an activating group) is 1. The van der Waals surface area contributed by atoms with E-state index >= 15 is 0 Å². The van der Waals surface area contributed by atoms with Gasteiger partial charge in [0.1, 0.15) is 0 Å². The van der Waals surface area contributed by atoms with Crippen molar-refractivity contribution in [2.45, 2.75) is 24.4 Å². The molecule has 110 valence electrons. The number of nitriles is 1. The van der Waals surface area contributed by atoms with Crippen LogP contribution in [0.15, 0.2) is 23.4 Å². The third-order valence-corrected chi connectivity index (χ3v) is 4.15. The Balaban J connectivity index is 1.97. The van der Waals surface area contributed by atoms with E-state index in [4.69, 9.17) is 16.9 Å². The molecule has 0 aliphatic carbocycles. The lowest BCUT2D eigenvalue weighted by Gasteiger charge is -2.06. The summed E-state index contributed by atoms with van der Waals surface area (Å²) in [6, 6.07) is 7.36. The van der Waals surface area contributed by atoms with E-state index in [1.54, 1.807) is 16.8 Å². The monoisotopic (exact) mass is 322 g/mol. The third-order valence-electron chi connectivity index (χ3n) is 2.79. The number of rotatable bonds is 7. The van der Waals surface area contributed by atoms with Crippen molar-refractivity contribution >= 4 is 23.4 Å². The van der Waals surface area contributed by atoms with Crippen LogP contribution in [-0.2, 0) is 12.3 Å². The van der Waals surface area contributed by atoms with Crippen LogP contribution < -0.4 is 5.32 Å². The molecule has 0 aliphatic rings. The number of halogens is 1. The molecule has 1 aromatic heterocycles. The molecule has 0 spiro atoms. The maximum atomic E-state index is 8.82. The molecular weight excluding hydrogens is 308 g/mol. The number of hydrogen-bond acceptors (Lipinski definition) is 6. The van der Waals surface area contributed by atoms with Crippen LogP contribution in [0.1, 0.15) is 18.1 Å². The highest BCUT2D eigenvalue weighted by Crippen LogP contribution is 2.25. The molecule has 0 atom stereocenters. The van der Waals surface area contributed by atoms with Crippen molar-refractivity contribution in [3.63, 3.8) is 0 Å². The Bertz CT molecular complexity index is 636. The second-order valence-electron chi connectivity index (χ2n) is 4.24. The van der Waals surface area contributed by atoms with E-state index in [9.17, 15) is 0 Å². The SMILES string of the molecule is CCNCCn1nnnc1SCc1ccc(C#N)cc1Cl. The minimum Gasteiger partial charge on any atom is -0.315 e. The Morgan fingerprint density at radius 3 is 3.05 bits per heavy atom. The quantitative estimate of drug-likeness (QED) is 0.621. The lowest BCUT2D eigenvalue weighted by atomic mass is 10.2. The maximum Gasteiger partial charge on any atom is 0.209 e. The molecule has 21 heavy (non-hydrogen) atoms. The van der Waals surface area contributed by atoms with Gasteiger partial charge in [0.25, 0.3) is 0 Å². The summed E-state index contributed by atoms with van der Waals surface area (Å²) in [5.41, 5.74) is 1.52. The van der Waals surface area contributed by atoms with Crippen molar-refractivity contribution in [1.82, 2.24) is 25.5 Å². The van der Waals surface area contributed by atoms with Crippen LogP contribution in [0.2, 0.25) is 5.02 Å². The van der Waals surface area contributed by atoms with Gasteiger partial charge < -0.3 is 5.32 Å². The summed E-state index contributed by atoms with van der Waals surface area (Å²) < 4.78 is 1.77. The Morgan fingerprint density at radius 2 is 2.33 bits per heavy atom. The first kappa shape index (κ1) is 15.8. The Labute approximate surface area is 132 Å². The largest absolute Gasteiger partial charge is 0.315 e. The zero-order valence-electron chi connectivity index (χ0n) is 11.6.